The highest BCUT2D eigenvalue weighted by molar-refractivity contribution is 9.10. The van der Waals surface area contributed by atoms with Crippen LogP contribution < -0.4 is 10.5 Å². The van der Waals surface area contributed by atoms with Crippen LogP contribution in [0.3, 0.4) is 0 Å². The zero-order valence-electron chi connectivity index (χ0n) is 7.78. The lowest BCUT2D eigenvalue weighted by molar-refractivity contribution is 0.305. The van der Waals surface area contributed by atoms with Gasteiger partial charge in [-0.15, -0.1) is 0 Å². The summed E-state index contributed by atoms with van der Waals surface area (Å²) in [5.41, 5.74) is 5.29. The van der Waals surface area contributed by atoms with Gasteiger partial charge in [0.15, 0.2) is 0 Å². The third-order valence-electron chi connectivity index (χ3n) is 1.64. The van der Waals surface area contributed by atoms with Crippen LogP contribution in [0.25, 0.3) is 0 Å². The van der Waals surface area contributed by atoms with Crippen LogP contribution in [0.1, 0.15) is 6.42 Å². The van der Waals surface area contributed by atoms with E-state index in [1.807, 2.05) is 0 Å². The van der Waals surface area contributed by atoms with Gasteiger partial charge in [-0.2, -0.15) is 0 Å². The summed E-state index contributed by atoms with van der Waals surface area (Å²) in [6, 6.07) is 5.21. The average Bonchev–Trinajstić information content (AvgIpc) is 2.21. The minimum absolute atomic E-state index is 0.139. The van der Waals surface area contributed by atoms with Gasteiger partial charge in [-0.1, -0.05) is 16.8 Å². The summed E-state index contributed by atoms with van der Waals surface area (Å²) in [5.74, 6) is 0.810. The average molecular weight is 294 g/mol. The van der Waals surface area contributed by atoms with Crippen molar-refractivity contribution >= 4 is 33.4 Å². The topological polar surface area (TPSA) is 67.8 Å². The molecule has 0 unspecified atom stereocenters. The number of halogens is 2. The number of hydrogen-bond donors (Lipinski definition) is 2. The van der Waals surface area contributed by atoms with Gasteiger partial charge in [-0.25, -0.2) is 0 Å². The fraction of sp³-hybridized carbons (Fsp3) is 0.222. The first-order valence-electron chi connectivity index (χ1n) is 4.17. The Morgan fingerprint density at radius 1 is 1.60 bits per heavy atom. The summed E-state index contributed by atoms with van der Waals surface area (Å²) < 4.78 is 6.16. The molecule has 0 aromatic heterocycles. The van der Waals surface area contributed by atoms with Crippen LogP contribution in [0, 0.1) is 0 Å². The van der Waals surface area contributed by atoms with Crippen molar-refractivity contribution in [3.63, 3.8) is 0 Å². The molecule has 15 heavy (non-hydrogen) atoms. The van der Waals surface area contributed by atoms with Gasteiger partial charge in [0.05, 0.1) is 11.1 Å². The number of oxime groups is 1. The van der Waals surface area contributed by atoms with Crippen molar-refractivity contribution in [1.82, 2.24) is 0 Å². The molecule has 0 saturated carbocycles. The Morgan fingerprint density at radius 3 is 2.93 bits per heavy atom. The molecule has 1 aromatic rings. The van der Waals surface area contributed by atoms with Crippen LogP contribution in [0.4, 0.5) is 0 Å². The first-order chi connectivity index (χ1) is 7.13. The molecule has 0 fully saturated rings. The first kappa shape index (κ1) is 12.1. The Morgan fingerprint density at radius 2 is 2.33 bits per heavy atom. The van der Waals surface area contributed by atoms with Crippen molar-refractivity contribution < 1.29 is 9.94 Å². The van der Waals surface area contributed by atoms with Crippen molar-refractivity contribution in [3.8, 4) is 5.75 Å². The molecular formula is C9H10BrClN2O2. The first-order valence-corrected chi connectivity index (χ1v) is 5.35. The van der Waals surface area contributed by atoms with Crippen molar-refractivity contribution in [1.29, 1.82) is 0 Å². The van der Waals surface area contributed by atoms with Crippen LogP contribution in [0.15, 0.2) is 27.8 Å². The smallest absolute Gasteiger partial charge is 0.142 e. The van der Waals surface area contributed by atoms with E-state index in [1.54, 1.807) is 18.2 Å². The number of nitrogens with two attached hydrogens (primary N) is 1. The maximum absolute atomic E-state index is 8.30. The third kappa shape index (κ3) is 3.97. The minimum atomic E-state index is 0.139. The second kappa shape index (κ2) is 5.82. The minimum Gasteiger partial charge on any atom is -0.492 e. The zero-order valence-corrected chi connectivity index (χ0v) is 10.1. The normalized spacial score (nSPS) is 11.5. The molecule has 0 bridgehead atoms. The van der Waals surface area contributed by atoms with E-state index in [-0.39, 0.29) is 5.84 Å². The molecule has 1 rings (SSSR count). The number of amidine groups is 1. The van der Waals surface area contributed by atoms with E-state index in [1.165, 1.54) is 0 Å². The predicted molar refractivity (Wildman–Crippen MR) is 62.7 cm³/mol. The second-order valence-electron chi connectivity index (χ2n) is 2.76. The van der Waals surface area contributed by atoms with Gasteiger partial charge in [0.1, 0.15) is 11.6 Å². The van der Waals surface area contributed by atoms with E-state index in [4.69, 9.17) is 27.3 Å². The summed E-state index contributed by atoms with van der Waals surface area (Å²) in [4.78, 5) is 0. The molecule has 0 aliphatic carbocycles. The van der Waals surface area contributed by atoms with Crippen LogP contribution in [-0.4, -0.2) is 17.6 Å². The number of rotatable bonds is 4. The number of hydrogen-bond acceptors (Lipinski definition) is 3. The van der Waals surface area contributed by atoms with Gasteiger partial charge in [-0.05, 0) is 34.1 Å². The lowest BCUT2D eigenvalue weighted by Crippen LogP contribution is -2.15. The molecule has 0 amide bonds. The van der Waals surface area contributed by atoms with Crippen LogP contribution >= 0.6 is 27.5 Å². The summed E-state index contributed by atoms with van der Waals surface area (Å²) >= 11 is 9.08. The fourth-order valence-electron chi connectivity index (χ4n) is 0.908. The Bertz CT molecular complexity index is 371. The number of nitrogens with zero attached hydrogens (tertiary/aromatic N) is 1. The fourth-order valence-corrected chi connectivity index (χ4v) is 1.70. The van der Waals surface area contributed by atoms with Crippen molar-refractivity contribution in [2.24, 2.45) is 10.9 Å². The van der Waals surface area contributed by atoms with Gasteiger partial charge in [0.25, 0.3) is 0 Å². The molecule has 4 nitrogen and oxygen atoms in total. The highest BCUT2D eigenvalue weighted by Gasteiger charge is 2.02. The Labute approximate surface area is 101 Å². The second-order valence-corrected chi connectivity index (χ2v) is 4.06. The summed E-state index contributed by atoms with van der Waals surface area (Å²) in [5, 5.41) is 11.8. The number of benzene rings is 1. The molecule has 82 valence electrons. The van der Waals surface area contributed by atoms with Crippen molar-refractivity contribution in [2.75, 3.05) is 6.61 Å². The van der Waals surface area contributed by atoms with E-state index in [9.17, 15) is 0 Å². The van der Waals surface area contributed by atoms with E-state index in [0.717, 1.165) is 4.47 Å². The largest absolute Gasteiger partial charge is 0.492 e. The highest BCUT2D eigenvalue weighted by atomic mass is 79.9. The molecule has 0 aliphatic heterocycles. The lowest BCUT2D eigenvalue weighted by Gasteiger charge is -2.07. The molecule has 6 heteroatoms. The Kier molecular flexibility index (Phi) is 4.71. The number of ether oxygens (including phenoxy) is 1. The summed E-state index contributed by atoms with van der Waals surface area (Å²) in [7, 11) is 0. The van der Waals surface area contributed by atoms with Gasteiger partial charge in [-0.3, -0.25) is 0 Å². The highest BCUT2D eigenvalue weighted by Crippen LogP contribution is 2.27. The monoisotopic (exact) mass is 292 g/mol. The molecule has 0 heterocycles. The van der Waals surface area contributed by atoms with Gasteiger partial charge in [0.2, 0.25) is 0 Å². The lowest BCUT2D eigenvalue weighted by atomic mass is 10.3. The van der Waals surface area contributed by atoms with Gasteiger partial charge in [0, 0.05) is 11.4 Å². The van der Waals surface area contributed by atoms with Gasteiger partial charge >= 0.3 is 0 Å². The van der Waals surface area contributed by atoms with Crippen LogP contribution in [0.2, 0.25) is 5.02 Å². The summed E-state index contributed by atoms with van der Waals surface area (Å²) in [6.45, 7) is 0.343. The molecule has 0 atom stereocenters. The molecule has 0 aliphatic rings. The summed E-state index contributed by atoms with van der Waals surface area (Å²) in [6.07, 6.45) is 0.367. The standard InChI is InChI=1S/C9H10BrClN2O2/c10-7-5-6(11)1-2-8(7)15-4-3-9(12)13-14/h1-2,5,14H,3-4H2,(H2,12,13). The van der Waals surface area contributed by atoms with E-state index >= 15 is 0 Å². The maximum Gasteiger partial charge on any atom is 0.142 e. The van der Waals surface area contributed by atoms with Crippen molar-refractivity contribution in [2.45, 2.75) is 6.42 Å². The predicted octanol–water partition coefficient (Wildman–Crippen LogP) is 2.62. The molecule has 3 N–H and O–H groups in total. The van der Waals surface area contributed by atoms with Crippen molar-refractivity contribution in [3.05, 3.63) is 27.7 Å². The molecule has 0 spiro atoms. The molecular weight excluding hydrogens is 283 g/mol. The molecule has 0 saturated heterocycles. The SMILES string of the molecule is N/C(CCOc1ccc(Cl)cc1Br)=N\O. The Hall–Kier alpha value is -0.940. The van der Waals surface area contributed by atoms with E-state index in [2.05, 4.69) is 21.1 Å². The van der Waals surface area contributed by atoms with Crippen LogP contribution in [0.5, 0.6) is 5.75 Å². The molecule has 1 aromatic carbocycles. The van der Waals surface area contributed by atoms with Gasteiger partial charge < -0.3 is 15.7 Å². The van der Waals surface area contributed by atoms with E-state index < -0.39 is 0 Å². The quantitative estimate of drug-likeness (QED) is 0.388. The molecule has 0 radical (unpaired) electrons. The van der Waals surface area contributed by atoms with E-state index in [0.29, 0.717) is 23.8 Å². The van der Waals surface area contributed by atoms with Crippen LogP contribution in [-0.2, 0) is 0 Å². The Balaban J connectivity index is 2.51. The zero-order chi connectivity index (χ0) is 11.3. The third-order valence-corrected chi connectivity index (χ3v) is 2.49. The maximum atomic E-state index is 8.30.